The molecule has 0 aromatic carbocycles. The number of hydrogen-bond donors (Lipinski definition) is 13. The molecule has 0 aromatic heterocycles. The number of ether oxygens (including phenoxy) is 14. The molecule has 10 fully saturated rings. The molecule has 0 radical (unpaired) electrons. The Labute approximate surface area is 501 Å². The summed E-state index contributed by atoms with van der Waals surface area (Å²) < 4.78 is 86.6. The van der Waals surface area contributed by atoms with Gasteiger partial charge in [0.2, 0.25) is 5.79 Å². The summed E-state index contributed by atoms with van der Waals surface area (Å²) in [5.74, 6) is -4.53. The minimum absolute atomic E-state index is 0.0471. The van der Waals surface area contributed by atoms with Gasteiger partial charge in [0.05, 0.1) is 76.1 Å². The predicted octanol–water partition coefficient (Wildman–Crippen LogP) is -4.24. The number of fused-ring (bicyclic) bond motifs is 7. The van der Waals surface area contributed by atoms with E-state index in [0.717, 1.165) is 12.5 Å². The summed E-state index contributed by atoms with van der Waals surface area (Å²) >= 11 is 0. The second kappa shape index (κ2) is 25.0. The van der Waals surface area contributed by atoms with E-state index in [0.29, 0.717) is 32.1 Å². The fraction of sp³-hybridized carbons (Fsp3) is 0.897. The molecule has 34 unspecified atom stereocenters. The lowest BCUT2D eigenvalue weighted by Crippen LogP contribution is -2.66. The van der Waals surface area contributed by atoms with Crippen LogP contribution in [-0.4, -0.2) is 283 Å². The van der Waals surface area contributed by atoms with Gasteiger partial charge in [0.1, 0.15) is 91.1 Å². The second-order valence-electron chi connectivity index (χ2n) is 26.5. The molecule has 7 heterocycles. The molecule has 7 saturated heterocycles. The molecule has 3 saturated carbocycles. The van der Waals surface area contributed by atoms with Crippen LogP contribution in [0.2, 0.25) is 0 Å². The Kier molecular flexibility index (Phi) is 19.0. The first-order valence-corrected chi connectivity index (χ1v) is 30.3. The third kappa shape index (κ3) is 11.5. The predicted molar refractivity (Wildman–Crippen MR) is 285 cm³/mol. The van der Waals surface area contributed by atoms with Crippen molar-refractivity contribution in [2.75, 3.05) is 39.6 Å². The van der Waals surface area contributed by atoms with Gasteiger partial charge in [-0.2, -0.15) is 0 Å². The molecule has 13 N–H and O–H groups in total. The number of aliphatic hydroxyl groups is 13. The summed E-state index contributed by atoms with van der Waals surface area (Å²) in [6, 6.07) is 0. The Morgan fingerprint density at radius 2 is 1.36 bits per heavy atom. The molecular formula is C58H88O29. The number of carbonyl (C=O) groups is 2. The van der Waals surface area contributed by atoms with Crippen molar-refractivity contribution in [3.8, 4) is 0 Å². The van der Waals surface area contributed by atoms with Crippen LogP contribution in [-0.2, 0) is 75.9 Å². The van der Waals surface area contributed by atoms with E-state index in [1.807, 2.05) is 0 Å². The Morgan fingerprint density at radius 3 is 2.06 bits per heavy atom. The van der Waals surface area contributed by atoms with E-state index in [1.165, 1.54) is 20.8 Å². The van der Waals surface area contributed by atoms with Gasteiger partial charge in [-0.25, -0.2) is 0 Å². The highest BCUT2D eigenvalue weighted by Crippen LogP contribution is 2.71. The van der Waals surface area contributed by atoms with Crippen molar-refractivity contribution in [1.29, 1.82) is 0 Å². The van der Waals surface area contributed by atoms with Crippen molar-refractivity contribution in [2.45, 2.75) is 245 Å². The average molecular weight is 1250 g/mol. The monoisotopic (exact) mass is 1250 g/mol. The summed E-state index contributed by atoms with van der Waals surface area (Å²) in [7, 11) is 0. The molecule has 0 amide bonds. The van der Waals surface area contributed by atoms with Gasteiger partial charge in [-0.1, -0.05) is 32.1 Å². The lowest BCUT2D eigenvalue weighted by Gasteiger charge is -2.61. The maximum Gasteiger partial charge on any atom is 0.303 e. The molecule has 29 heteroatoms. The van der Waals surface area contributed by atoms with Crippen molar-refractivity contribution in [1.82, 2.24) is 0 Å². The van der Waals surface area contributed by atoms with Crippen LogP contribution < -0.4 is 0 Å². The summed E-state index contributed by atoms with van der Waals surface area (Å²) in [6.07, 6.45) is -32.1. The van der Waals surface area contributed by atoms with Crippen LogP contribution in [0.3, 0.4) is 0 Å². The van der Waals surface area contributed by atoms with E-state index in [9.17, 15) is 76.0 Å². The van der Waals surface area contributed by atoms with Crippen LogP contribution in [0.15, 0.2) is 23.8 Å². The fourth-order valence-electron chi connectivity index (χ4n) is 16.6. The third-order valence-electron chi connectivity index (χ3n) is 21.3. The highest BCUT2D eigenvalue weighted by Gasteiger charge is 2.74. The molecule has 34 atom stereocenters. The topological polar surface area (TPSA) is 426 Å². The molecule has 4 aliphatic carbocycles. The Morgan fingerprint density at radius 1 is 0.690 bits per heavy atom. The van der Waals surface area contributed by atoms with Gasteiger partial charge in [0.25, 0.3) is 0 Å². The average Bonchev–Trinajstić information content (AvgIpc) is 1.58. The molecule has 0 bridgehead atoms. The number of carbonyl (C=O) groups excluding carboxylic acids is 2. The molecular weight excluding hydrogens is 1160 g/mol. The highest BCUT2D eigenvalue weighted by atomic mass is 16.8. The van der Waals surface area contributed by atoms with Crippen LogP contribution in [0.1, 0.15) is 80.1 Å². The van der Waals surface area contributed by atoms with Gasteiger partial charge >= 0.3 is 11.9 Å². The van der Waals surface area contributed by atoms with Gasteiger partial charge < -0.3 is 133 Å². The maximum absolute atomic E-state index is 12.7. The van der Waals surface area contributed by atoms with E-state index in [2.05, 4.69) is 26.5 Å². The Hall–Kier alpha value is -2.58. The lowest BCUT2D eigenvalue weighted by molar-refractivity contribution is -0.387. The Balaban J connectivity index is 0.877. The first-order chi connectivity index (χ1) is 41.1. The van der Waals surface area contributed by atoms with Gasteiger partial charge in [0.15, 0.2) is 37.6 Å². The van der Waals surface area contributed by atoms with Crippen molar-refractivity contribution in [3.63, 3.8) is 0 Å². The van der Waals surface area contributed by atoms with Crippen LogP contribution in [0.4, 0.5) is 0 Å². The SMILES string of the molecule is C=C1COC2(OC3CC4C5CC=C6CC(O)CC(OC7OCC(O)C(OC8OCC(O)C(O)C8O)C7OC7OC(C)C(OC(C)=O)C(OC8OCC(O)(CO)C8O)C7O)C6(C)C5CCC4(C)C3C2COC(C)=O)C(O)C1OC1OC(C)C(O)C(O)C1O. The third-order valence-corrected chi connectivity index (χ3v) is 21.3. The van der Waals surface area contributed by atoms with E-state index in [1.54, 1.807) is 0 Å². The Bertz CT molecular complexity index is 2510. The van der Waals surface area contributed by atoms with E-state index < -0.39 is 220 Å². The largest absolute Gasteiger partial charge is 0.465 e. The first-order valence-electron chi connectivity index (χ1n) is 30.3. The number of rotatable bonds is 14. The van der Waals surface area contributed by atoms with E-state index >= 15 is 0 Å². The van der Waals surface area contributed by atoms with Crippen LogP contribution in [0, 0.1) is 40.4 Å². The summed E-state index contributed by atoms with van der Waals surface area (Å²) in [5, 5.41) is 144. The molecule has 29 nitrogen and oxygen atoms in total. The molecule has 11 aliphatic rings. The minimum atomic E-state index is -2.15. The lowest BCUT2D eigenvalue weighted by atomic mass is 9.46. The molecule has 494 valence electrons. The zero-order valence-corrected chi connectivity index (χ0v) is 49.4. The minimum Gasteiger partial charge on any atom is -0.465 e. The molecule has 87 heavy (non-hydrogen) atoms. The molecule has 11 rings (SSSR count). The second-order valence-corrected chi connectivity index (χ2v) is 26.5. The normalized spacial score (nSPS) is 54.1. The molecule has 0 aromatic rings. The number of allylic oxidation sites excluding steroid dienone is 1. The first kappa shape index (κ1) is 65.9. The fourth-order valence-corrected chi connectivity index (χ4v) is 16.6. The summed E-state index contributed by atoms with van der Waals surface area (Å²) in [6.45, 7) is 10.9. The highest BCUT2D eigenvalue weighted by molar-refractivity contribution is 5.66. The number of hydrogen-bond acceptors (Lipinski definition) is 29. The van der Waals surface area contributed by atoms with Crippen LogP contribution in [0.5, 0.6) is 0 Å². The standard InChI is InChI=1S/C58H88O29/c1-21-15-78-58(48(71)43(21)83-51-41(69)39(67)37(65)22(2)79-51)31(16-74-24(4)60)36-34(87-58)14-30-28-9-8-26-12-27(62)13-35(56(26,7)29(28)10-11-55(30,36)6)82-53-47(45(33(64)18-76-53)84-50-40(68)38(66)32(63)17-75-50)86-52-42(70)46(44(23(3)80-52)81-25(5)61)85-54-49(72)57(73,19-59)20-77-54/h8,22-23,27-54,59,62-73H,1,9-20H2,2-7H3. The maximum atomic E-state index is 12.7. The van der Waals surface area contributed by atoms with Crippen molar-refractivity contribution in [3.05, 3.63) is 23.8 Å². The summed E-state index contributed by atoms with van der Waals surface area (Å²) in [4.78, 5) is 25.1. The van der Waals surface area contributed by atoms with Crippen LogP contribution >= 0.6 is 0 Å². The molecule has 7 aliphatic heterocycles. The zero-order chi connectivity index (χ0) is 62.7. The van der Waals surface area contributed by atoms with E-state index in [4.69, 9.17) is 66.3 Å². The van der Waals surface area contributed by atoms with Gasteiger partial charge in [0, 0.05) is 31.6 Å². The number of aliphatic hydroxyl groups excluding tert-OH is 12. The zero-order valence-electron chi connectivity index (χ0n) is 49.4. The number of esters is 2. The van der Waals surface area contributed by atoms with Gasteiger partial charge in [-0.05, 0) is 74.7 Å². The quantitative estimate of drug-likeness (QED) is 0.0579. The van der Waals surface area contributed by atoms with Crippen molar-refractivity contribution >= 4 is 11.9 Å². The van der Waals surface area contributed by atoms with Gasteiger partial charge in [-0.15, -0.1) is 0 Å². The summed E-state index contributed by atoms with van der Waals surface area (Å²) in [5.41, 5.74) is -2.31. The van der Waals surface area contributed by atoms with E-state index in [-0.39, 0.29) is 48.9 Å². The van der Waals surface area contributed by atoms with Crippen LogP contribution in [0.25, 0.3) is 0 Å². The smallest absolute Gasteiger partial charge is 0.303 e. The molecule has 1 spiro atoms. The van der Waals surface area contributed by atoms with Crippen molar-refractivity contribution < 1.29 is 142 Å². The van der Waals surface area contributed by atoms with Gasteiger partial charge in [-0.3, -0.25) is 9.59 Å². The van der Waals surface area contributed by atoms with Crippen molar-refractivity contribution in [2.24, 2.45) is 40.4 Å².